The van der Waals surface area contributed by atoms with E-state index in [1.165, 1.54) is 19.2 Å². The molecular formula is C30H25F2N3O5S. The van der Waals surface area contributed by atoms with E-state index < -0.39 is 24.3 Å². The van der Waals surface area contributed by atoms with E-state index >= 15 is 0 Å². The first-order chi connectivity index (χ1) is 19.7. The largest absolute Gasteiger partial charge is 0.493 e. The van der Waals surface area contributed by atoms with E-state index in [2.05, 4.69) is 10.1 Å². The molecule has 1 amide bonds. The number of carbonyl (C=O) groups is 1. The summed E-state index contributed by atoms with van der Waals surface area (Å²) >= 11 is 1.16. The highest BCUT2D eigenvalue weighted by Crippen LogP contribution is 2.47. The second kappa shape index (κ2) is 10.2. The van der Waals surface area contributed by atoms with Gasteiger partial charge in [0.15, 0.2) is 16.3 Å². The second-order valence-corrected chi connectivity index (χ2v) is 10.9. The minimum atomic E-state index is -3.00. The maximum atomic E-state index is 13.9. The van der Waals surface area contributed by atoms with Gasteiger partial charge in [-0.2, -0.15) is 8.78 Å². The van der Waals surface area contributed by atoms with Gasteiger partial charge in [0.1, 0.15) is 11.7 Å². The van der Waals surface area contributed by atoms with Crippen LogP contribution in [0.15, 0.2) is 76.5 Å². The molecule has 0 spiro atoms. The molecule has 0 saturated carbocycles. The molecule has 8 nitrogen and oxygen atoms in total. The van der Waals surface area contributed by atoms with E-state index in [0.717, 1.165) is 16.9 Å². The lowest BCUT2D eigenvalue weighted by Gasteiger charge is -2.45. The number of nitrogens with one attached hydrogen (secondary N) is 1. The molecule has 2 aliphatic heterocycles. The van der Waals surface area contributed by atoms with E-state index in [4.69, 9.17) is 14.5 Å². The van der Waals surface area contributed by atoms with Crippen molar-refractivity contribution >= 4 is 29.0 Å². The van der Waals surface area contributed by atoms with Gasteiger partial charge in [-0.3, -0.25) is 14.2 Å². The first kappa shape index (κ1) is 26.7. The number of benzene rings is 3. The monoisotopic (exact) mass is 577 g/mol. The van der Waals surface area contributed by atoms with E-state index in [9.17, 15) is 18.4 Å². The fraction of sp³-hybridized carbons (Fsp3) is 0.233. The summed E-state index contributed by atoms with van der Waals surface area (Å²) in [6.07, 6.45) is 1.63. The molecule has 41 heavy (non-hydrogen) atoms. The number of rotatable bonds is 6. The summed E-state index contributed by atoms with van der Waals surface area (Å²) in [5.74, 6) is -0.634. The lowest BCUT2D eigenvalue weighted by Crippen LogP contribution is -2.59. The normalized spacial score (nSPS) is 20.9. The number of halogens is 2. The third-order valence-electron chi connectivity index (χ3n) is 7.27. The third-order valence-corrected chi connectivity index (χ3v) is 8.25. The van der Waals surface area contributed by atoms with Crippen LogP contribution in [0.5, 0.6) is 17.2 Å². The van der Waals surface area contributed by atoms with Crippen molar-refractivity contribution in [3.63, 3.8) is 0 Å². The lowest BCUT2D eigenvalue weighted by molar-refractivity contribution is -0.131. The summed E-state index contributed by atoms with van der Waals surface area (Å²) in [5, 5.41) is 3.01. The van der Waals surface area contributed by atoms with Gasteiger partial charge in [-0.05, 0) is 55.3 Å². The van der Waals surface area contributed by atoms with Crippen molar-refractivity contribution < 1.29 is 27.8 Å². The Morgan fingerprint density at radius 1 is 1.15 bits per heavy atom. The van der Waals surface area contributed by atoms with Crippen LogP contribution in [0.3, 0.4) is 0 Å². The van der Waals surface area contributed by atoms with Crippen molar-refractivity contribution in [1.82, 2.24) is 4.57 Å². The Morgan fingerprint density at radius 2 is 1.90 bits per heavy atom. The molecule has 0 radical (unpaired) electrons. The summed E-state index contributed by atoms with van der Waals surface area (Å²) in [5.41, 5.74) is 1.19. The topological polar surface area (TPSA) is 91.2 Å². The average Bonchev–Trinajstić information content (AvgIpc) is 3.22. The highest BCUT2D eigenvalue weighted by atomic mass is 32.1. The number of alkyl halides is 2. The Labute approximate surface area is 237 Å². The molecule has 0 aliphatic carbocycles. The minimum Gasteiger partial charge on any atom is -0.493 e. The van der Waals surface area contributed by atoms with Gasteiger partial charge in [0, 0.05) is 11.3 Å². The molecule has 0 fully saturated rings. The number of aromatic nitrogens is 1. The van der Waals surface area contributed by atoms with Crippen LogP contribution in [0.25, 0.3) is 6.08 Å². The zero-order valence-corrected chi connectivity index (χ0v) is 23.1. The smallest absolute Gasteiger partial charge is 0.387 e. The summed E-state index contributed by atoms with van der Waals surface area (Å²) in [6, 6.07) is 18.5. The number of hydrogen-bond donors (Lipinski definition) is 1. The molecule has 4 aromatic rings. The standard InChI is InChI=1S/C30H25F2N3O5S/c1-16-8-4-6-10-19(16)33-26(36)24-25-18-9-5-7-11-20(18)40-30(24,2)34-29-35(25)27(37)23(41-29)15-17-12-13-21(39-28(31)32)22(14-17)38-3/h4-15,24-25,28H,1-3H3,(H,33,36)/b23-15-. The van der Waals surface area contributed by atoms with E-state index in [1.54, 1.807) is 29.7 Å². The summed E-state index contributed by atoms with van der Waals surface area (Å²) in [6.45, 7) is 0.651. The minimum absolute atomic E-state index is 0.101. The van der Waals surface area contributed by atoms with Gasteiger partial charge in [0.2, 0.25) is 11.6 Å². The molecule has 3 atom stereocenters. The molecular weight excluding hydrogens is 552 g/mol. The summed E-state index contributed by atoms with van der Waals surface area (Å²) in [4.78, 5) is 33.1. The molecule has 210 valence electrons. The van der Waals surface area contributed by atoms with Crippen molar-refractivity contribution in [3.05, 3.63) is 103 Å². The molecule has 1 aromatic heterocycles. The van der Waals surface area contributed by atoms with E-state index in [0.29, 0.717) is 31.9 Å². The highest BCUT2D eigenvalue weighted by Gasteiger charge is 2.55. The van der Waals surface area contributed by atoms with Crippen LogP contribution in [0.4, 0.5) is 14.5 Å². The van der Waals surface area contributed by atoms with E-state index in [1.807, 2.05) is 49.4 Å². The van der Waals surface area contributed by atoms with E-state index in [-0.39, 0.29) is 23.0 Å². The van der Waals surface area contributed by atoms with Gasteiger partial charge < -0.3 is 19.5 Å². The van der Waals surface area contributed by atoms with Crippen molar-refractivity contribution in [2.45, 2.75) is 32.2 Å². The Morgan fingerprint density at radius 3 is 2.66 bits per heavy atom. The van der Waals surface area contributed by atoms with Gasteiger partial charge in [0.05, 0.1) is 17.7 Å². The average molecular weight is 578 g/mol. The SMILES string of the molecule is COc1cc(/C=c2\sc3n(c2=O)C2c4ccccc4OC(C)(N=3)C2C(=O)Nc2ccccc2C)ccc1OC(F)F. The van der Waals surface area contributed by atoms with Gasteiger partial charge in [-0.1, -0.05) is 53.8 Å². The van der Waals surface area contributed by atoms with Crippen LogP contribution >= 0.6 is 11.3 Å². The Kier molecular flexibility index (Phi) is 6.61. The number of ether oxygens (including phenoxy) is 3. The predicted molar refractivity (Wildman–Crippen MR) is 149 cm³/mol. The molecule has 11 heteroatoms. The Balaban J connectivity index is 1.48. The van der Waals surface area contributed by atoms with Crippen molar-refractivity contribution in [2.24, 2.45) is 10.9 Å². The molecule has 6 rings (SSSR count). The molecule has 3 unspecified atom stereocenters. The molecule has 2 bridgehead atoms. The molecule has 1 N–H and O–H groups in total. The number of carbonyl (C=O) groups excluding carboxylic acids is 1. The van der Waals surface area contributed by atoms with Gasteiger partial charge in [-0.25, -0.2) is 4.99 Å². The number of nitrogens with zero attached hydrogens (tertiary/aromatic N) is 2. The lowest BCUT2D eigenvalue weighted by atomic mass is 9.80. The molecule has 3 aromatic carbocycles. The zero-order chi connectivity index (χ0) is 28.9. The number of methoxy groups -OCH3 is 1. The number of hydrogen-bond acceptors (Lipinski definition) is 7. The van der Waals surface area contributed by atoms with Crippen LogP contribution in [0.2, 0.25) is 0 Å². The molecule has 0 saturated heterocycles. The summed E-state index contributed by atoms with van der Waals surface area (Å²) in [7, 11) is 1.34. The van der Waals surface area contributed by atoms with Crippen LogP contribution in [0.1, 0.15) is 29.7 Å². The first-order valence-electron chi connectivity index (χ1n) is 12.8. The molecule has 2 aliphatic rings. The first-order valence-corrected chi connectivity index (χ1v) is 13.6. The quantitative estimate of drug-likeness (QED) is 0.370. The maximum Gasteiger partial charge on any atom is 0.387 e. The number of aryl methyl sites for hydroxylation is 1. The van der Waals surface area contributed by atoms with Crippen molar-refractivity contribution in [3.8, 4) is 17.2 Å². The zero-order valence-electron chi connectivity index (χ0n) is 22.3. The Hall–Kier alpha value is -4.51. The number of amides is 1. The van der Waals surface area contributed by atoms with Gasteiger partial charge >= 0.3 is 6.61 Å². The van der Waals surface area contributed by atoms with Crippen LogP contribution in [-0.2, 0) is 4.79 Å². The molecule has 3 heterocycles. The maximum absolute atomic E-state index is 13.9. The van der Waals surface area contributed by atoms with Gasteiger partial charge in [-0.15, -0.1) is 0 Å². The van der Waals surface area contributed by atoms with Crippen molar-refractivity contribution in [1.29, 1.82) is 0 Å². The highest BCUT2D eigenvalue weighted by molar-refractivity contribution is 7.07. The Bertz CT molecular complexity index is 1850. The van der Waals surface area contributed by atoms with Crippen LogP contribution < -0.4 is 34.4 Å². The fourth-order valence-corrected chi connectivity index (χ4v) is 6.48. The number of thiazole rings is 1. The predicted octanol–water partition coefficient (Wildman–Crippen LogP) is 4.24. The number of fused-ring (bicyclic) bond motifs is 6. The van der Waals surface area contributed by atoms with Crippen LogP contribution in [-0.4, -0.2) is 29.9 Å². The van der Waals surface area contributed by atoms with Crippen LogP contribution in [0, 0.1) is 12.8 Å². The number of anilines is 1. The summed E-state index contributed by atoms with van der Waals surface area (Å²) < 4.78 is 43.5. The third kappa shape index (κ3) is 4.65. The second-order valence-electron chi connectivity index (χ2n) is 9.89. The number of para-hydroxylation sites is 2. The van der Waals surface area contributed by atoms with Crippen molar-refractivity contribution in [2.75, 3.05) is 12.4 Å². The van der Waals surface area contributed by atoms with Gasteiger partial charge in [0.25, 0.3) is 5.56 Å². The fourth-order valence-electron chi connectivity index (χ4n) is 5.39.